The highest BCUT2D eigenvalue weighted by Crippen LogP contribution is 2.27. The van der Waals surface area contributed by atoms with Crippen molar-refractivity contribution < 1.29 is 0 Å². The number of aromatic nitrogens is 2. The van der Waals surface area contributed by atoms with Crippen molar-refractivity contribution in [2.75, 3.05) is 5.32 Å². The van der Waals surface area contributed by atoms with Crippen molar-refractivity contribution >= 4 is 16.6 Å². The molecule has 2 aromatic carbocycles. The van der Waals surface area contributed by atoms with E-state index in [2.05, 4.69) is 77.9 Å². The number of nitrogens with one attached hydrogen (secondary N) is 2. The van der Waals surface area contributed by atoms with Gasteiger partial charge in [0.15, 0.2) is 0 Å². The molecule has 0 aliphatic carbocycles. The van der Waals surface area contributed by atoms with Crippen molar-refractivity contribution in [2.45, 2.75) is 26.3 Å². The van der Waals surface area contributed by atoms with E-state index >= 15 is 0 Å². The van der Waals surface area contributed by atoms with E-state index in [1.807, 2.05) is 6.20 Å². The summed E-state index contributed by atoms with van der Waals surface area (Å²) in [6.07, 6.45) is 2.95. The number of hydrogen-bond donors (Lipinski definition) is 2. The molecule has 1 atom stereocenters. The maximum absolute atomic E-state index is 4.08. The van der Waals surface area contributed by atoms with Crippen LogP contribution in [0.25, 0.3) is 10.9 Å². The van der Waals surface area contributed by atoms with Gasteiger partial charge in [0, 0.05) is 11.1 Å². The van der Waals surface area contributed by atoms with Crippen LogP contribution in [-0.4, -0.2) is 10.2 Å². The van der Waals surface area contributed by atoms with Crippen LogP contribution in [0.1, 0.15) is 31.9 Å². The van der Waals surface area contributed by atoms with Crippen molar-refractivity contribution in [3.8, 4) is 0 Å². The Balaban J connectivity index is 1.86. The Hall–Kier alpha value is -2.29. The lowest BCUT2D eigenvalue weighted by atomic mass is 9.96. The van der Waals surface area contributed by atoms with Crippen molar-refractivity contribution in [1.82, 2.24) is 10.2 Å². The Bertz CT molecular complexity index is 701. The van der Waals surface area contributed by atoms with Gasteiger partial charge in [0.2, 0.25) is 0 Å². The Kier molecular flexibility index (Phi) is 3.91. The Morgan fingerprint density at radius 2 is 1.90 bits per heavy atom. The zero-order chi connectivity index (χ0) is 14.7. The van der Waals surface area contributed by atoms with Crippen LogP contribution in [0.4, 0.5) is 5.69 Å². The number of fused-ring (bicyclic) bond motifs is 1. The number of hydrogen-bond acceptors (Lipinski definition) is 2. The Morgan fingerprint density at radius 1 is 1.10 bits per heavy atom. The highest BCUT2D eigenvalue weighted by Gasteiger charge is 2.13. The normalized spacial score (nSPS) is 12.7. The molecule has 3 aromatic rings. The van der Waals surface area contributed by atoms with Crippen LogP contribution in [0.2, 0.25) is 0 Å². The predicted octanol–water partition coefficient (Wildman–Crippen LogP) is 4.76. The zero-order valence-electron chi connectivity index (χ0n) is 12.5. The minimum absolute atomic E-state index is 0.326. The third-order valence-corrected chi connectivity index (χ3v) is 3.69. The van der Waals surface area contributed by atoms with Crippen LogP contribution < -0.4 is 5.32 Å². The first-order valence-corrected chi connectivity index (χ1v) is 7.47. The van der Waals surface area contributed by atoms with Crippen molar-refractivity contribution in [3.05, 3.63) is 60.3 Å². The van der Waals surface area contributed by atoms with Crippen LogP contribution in [-0.2, 0) is 0 Å². The van der Waals surface area contributed by atoms with Gasteiger partial charge in [0.05, 0.1) is 17.8 Å². The van der Waals surface area contributed by atoms with Crippen LogP contribution in [0.3, 0.4) is 0 Å². The van der Waals surface area contributed by atoms with Gasteiger partial charge in [0.25, 0.3) is 0 Å². The van der Waals surface area contributed by atoms with Gasteiger partial charge in [-0.05, 0) is 36.1 Å². The molecule has 3 heteroatoms. The molecule has 0 saturated carbocycles. The van der Waals surface area contributed by atoms with Gasteiger partial charge < -0.3 is 5.32 Å². The molecule has 3 nitrogen and oxygen atoms in total. The molecule has 0 fully saturated rings. The summed E-state index contributed by atoms with van der Waals surface area (Å²) in [5.41, 5.74) is 3.52. The Morgan fingerprint density at radius 3 is 2.67 bits per heavy atom. The average molecular weight is 279 g/mol. The average Bonchev–Trinajstić information content (AvgIpc) is 2.94. The smallest absolute Gasteiger partial charge is 0.0670 e. The maximum atomic E-state index is 4.08. The summed E-state index contributed by atoms with van der Waals surface area (Å²) in [6, 6.07) is 17.3. The van der Waals surface area contributed by atoms with Crippen LogP contribution in [0.5, 0.6) is 0 Å². The molecule has 0 spiro atoms. The SMILES string of the molecule is CC(C)CC(Nc1ccc2cn[nH]c2c1)c1ccccc1. The molecule has 3 rings (SSSR count). The molecule has 0 amide bonds. The van der Waals surface area contributed by atoms with E-state index in [0.717, 1.165) is 23.0 Å². The van der Waals surface area contributed by atoms with Gasteiger partial charge in [-0.3, -0.25) is 5.10 Å². The summed E-state index contributed by atoms with van der Waals surface area (Å²) >= 11 is 0. The molecule has 0 aliphatic rings. The third-order valence-electron chi connectivity index (χ3n) is 3.69. The van der Waals surface area contributed by atoms with Crippen LogP contribution in [0, 0.1) is 5.92 Å². The van der Waals surface area contributed by atoms with E-state index in [1.54, 1.807) is 0 Å². The molecular weight excluding hydrogens is 258 g/mol. The first-order chi connectivity index (χ1) is 10.2. The van der Waals surface area contributed by atoms with Crippen LogP contribution >= 0.6 is 0 Å². The first kappa shape index (κ1) is 13.7. The predicted molar refractivity (Wildman–Crippen MR) is 88.4 cm³/mol. The van der Waals surface area contributed by atoms with Gasteiger partial charge in [0.1, 0.15) is 0 Å². The fourth-order valence-corrected chi connectivity index (χ4v) is 2.66. The number of H-pyrrole nitrogens is 1. The second kappa shape index (κ2) is 6.00. The van der Waals surface area contributed by atoms with Gasteiger partial charge in [-0.1, -0.05) is 44.2 Å². The lowest BCUT2D eigenvalue weighted by Crippen LogP contribution is -2.13. The largest absolute Gasteiger partial charge is 0.378 e. The fraction of sp³-hybridized carbons (Fsp3) is 0.278. The van der Waals surface area contributed by atoms with E-state index in [-0.39, 0.29) is 0 Å². The number of aromatic amines is 1. The minimum atomic E-state index is 0.326. The van der Waals surface area contributed by atoms with E-state index in [4.69, 9.17) is 0 Å². The molecule has 0 saturated heterocycles. The lowest BCUT2D eigenvalue weighted by molar-refractivity contribution is 0.531. The summed E-state index contributed by atoms with van der Waals surface area (Å²) in [5, 5.41) is 11.9. The number of anilines is 1. The quantitative estimate of drug-likeness (QED) is 0.706. The van der Waals surface area contributed by atoms with Gasteiger partial charge >= 0.3 is 0 Å². The van der Waals surface area contributed by atoms with E-state index in [0.29, 0.717) is 12.0 Å². The van der Waals surface area contributed by atoms with Gasteiger partial charge in [-0.2, -0.15) is 5.10 Å². The molecule has 0 radical (unpaired) electrons. The molecular formula is C18H21N3. The van der Waals surface area contributed by atoms with Gasteiger partial charge in [-0.15, -0.1) is 0 Å². The van der Waals surface area contributed by atoms with E-state index in [1.165, 1.54) is 5.56 Å². The van der Waals surface area contributed by atoms with Crippen molar-refractivity contribution in [2.24, 2.45) is 5.92 Å². The summed E-state index contributed by atoms with van der Waals surface area (Å²) in [6.45, 7) is 4.52. The molecule has 0 bridgehead atoms. The highest BCUT2D eigenvalue weighted by molar-refractivity contribution is 5.81. The number of nitrogens with zero attached hydrogens (tertiary/aromatic N) is 1. The first-order valence-electron chi connectivity index (χ1n) is 7.47. The topological polar surface area (TPSA) is 40.7 Å². The van der Waals surface area contributed by atoms with Crippen LogP contribution in [0.15, 0.2) is 54.7 Å². The summed E-state index contributed by atoms with van der Waals surface area (Å²) in [5.74, 6) is 0.638. The third kappa shape index (κ3) is 3.24. The Labute approximate surface area is 125 Å². The standard InChI is InChI=1S/C18H21N3/c1-13(2)10-17(14-6-4-3-5-7-14)20-16-9-8-15-12-19-21-18(15)11-16/h3-9,11-13,17,20H,10H2,1-2H3,(H,19,21). The minimum Gasteiger partial charge on any atom is -0.378 e. The fourth-order valence-electron chi connectivity index (χ4n) is 2.66. The maximum Gasteiger partial charge on any atom is 0.0670 e. The summed E-state index contributed by atoms with van der Waals surface area (Å²) in [7, 11) is 0. The number of rotatable bonds is 5. The summed E-state index contributed by atoms with van der Waals surface area (Å²) < 4.78 is 0. The summed E-state index contributed by atoms with van der Waals surface area (Å²) in [4.78, 5) is 0. The molecule has 21 heavy (non-hydrogen) atoms. The zero-order valence-corrected chi connectivity index (χ0v) is 12.5. The molecule has 108 valence electrons. The van der Waals surface area contributed by atoms with E-state index in [9.17, 15) is 0 Å². The molecule has 1 aromatic heterocycles. The lowest BCUT2D eigenvalue weighted by Gasteiger charge is -2.22. The molecule has 0 aliphatic heterocycles. The van der Waals surface area contributed by atoms with E-state index < -0.39 is 0 Å². The second-order valence-corrected chi connectivity index (χ2v) is 5.91. The van der Waals surface area contributed by atoms with Crippen molar-refractivity contribution in [3.63, 3.8) is 0 Å². The number of benzene rings is 2. The van der Waals surface area contributed by atoms with Crippen molar-refractivity contribution in [1.29, 1.82) is 0 Å². The highest BCUT2D eigenvalue weighted by atomic mass is 15.1. The second-order valence-electron chi connectivity index (χ2n) is 5.91. The monoisotopic (exact) mass is 279 g/mol. The molecule has 1 unspecified atom stereocenters. The van der Waals surface area contributed by atoms with Gasteiger partial charge in [-0.25, -0.2) is 0 Å². The molecule has 1 heterocycles. The molecule has 2 N–H and O–H groups in total.